The molecule has 0 heterocycles. The van der Waals surface area contributed by atoms with Gasteiger partial charge in [0.25, 0.3) is 0 Å². The van der Waals surface area contributed by atoms with E-state index in [9.17, 15) is 14.4 Å². The largest absolute Gasteiger partial charge is 0.481 e. The van der Waals surface area contributed by atoms with E-state index < -0.39 is 17.9 Å². The third kappa shape index (κ3) is 51.2. The lowest BCUT2D eigenvalue weighted by Crippen LogP contribution is -2.11. The van der Waals surface area contributed by atoms with E-state index in [1.165, 1.54) is 154 Å². The minimum atomic E-state index is -0.655. The Morgan fingerprint density at radius 2 is 0.583 bits per heavy atom. The van der Waals surface area contributed by atoms with Crippen LogP contribution in [-0.2, 0) is 14.4 Å². The van der Waals surface area contributed by atoms with E-state index in [0.717, 1.165) is 51.4 Å². The number of unbranched alkanes of at least 4 members (excludes halogenated alkanes) is 27. The highest BCUT2D eigenvalue weighted by molar-refractivity contribution is 5.69. The van der Waals surface area contributed by atoms with E-state index >= 15 is 0 Å². The number of hydrogen-bond acceptors (Lipinski definition) is 3. The third-order valence-corrected chi connectivity index (χ3v) is 9.24. The Hall–Kier alpha value is -1.59. The van der Waals surface area contributed by atoms with Gasteiger partial charge in [-0.2, -0.15) is 0 Å². The summed E-state index contributed by atoms with van der Waals surface area (Å²) in [4.78, 5) is 31.1. The van der Waals surface area contributed by atoms with E-state index in [1.54, 1.807) is 0 Å². The Balaban J connectivity index is -0.000000667. The zero-order valence-electron chi connectivity index (χ0n) is 32.7. The number of hydrogen-bond donors (Lipinski definition) is 3. The van der Waals surface area contributed by atoms with E-state index in [0.29, 0.717) is 12.8 Å². The molecular formula is C42H84O6. The Kier molecular flexibility index (Phi) is 48.0. The lowest BCUT2D eigenvalue weighted by atomic mass is 10.00. The second kappa shape index (κ2) is 45.4. The van der Waals surface area contributed by atoms with Crippen LogP contribution in [0.2, 0.25) is 0 Å². The summed E-state index contributed by atoms with van der Waals surface area (Å²) in [5.41, 5.74) is 0. The Bertz CT molecular complexity index is 650. The lowest BCUT2D eigenvalue weighted by Gasteiger charge is -2.06. The summed E-state index contributed by atoms with van der Waals surface area (Å²) in [6, 6.07) is 0. The Morgan fingerprint density at radius 3 is 0.771 bits per heavy atom. The molecule has 0 rings (SSSR count). The normalized spacial score (nSPS) is 11.2. The Labute approximate surface area is 299 Å². The molecule has 0 aromatic rings. The highest BCUT2D eigenvalue weighted by atomic mass is 16.4. The molecule has 0 fully saturated rings. The highest BCUT2D eigenvalue weighted by Crippen LogP contribution is 2.15. The van der Waals surface area contributed by atoms with E-state index in [-0.39, 0.29) is 5.92 Å². The van der Waals surface area contributed by atoms with Crippen molar-refractivity contribution in [3.63, 3.8) is 0 Å². The maximum atomic E-state index is 10.4. The minimum Gasteiger partial charge on any atom is -0.481 e. The molecule has 0 amide bonds. The second-order valence-corrected chi connectivity index (χ2v) is 14.1. The van der Waals surface area contributed by atoms with Crippen LogP contribution in [0.4, 0.5) is 0 Å². The van der Waals surface area contributed by atoms with Gasteiger partial charge in [0.1, 0.15) is 0 Å². The van der Waals surface area contributed by atoms with Gasteiger partial charge in [-0.1, -0.05) is 207 Å². The van der Waals surface area contributed by atoms with Crippen LogP contribution < -0.4 is 0 Å². The van der Waals surface area contributed by atoms with E-state index in [1.807, 2.05) is 6.92 Å². The van der Waals surface area contributed by atoms with Gasteiger partial charge in [0.05, 0.1) is 5.92 Å². The molecular weight excluding hydrogens is 600 g/mol. The summed E-state index contributed by atoms with van der Waals surface area (Å²) >= 11 is 0. The predicted octanol–water partition coefficient (Wildman–Crippen LogP) is 14.2. The fourth-order valence-electron chi connectivity index (χ4n) is 5.89. The number of aliphatic carboxylic acids is 3. The van der Waals surface area contributed by atoms with Crippen molar-refractivity contribution < 1.29 is 29.7 Å². The van der Waals surface area contributed by atoms with Gasteiger partial charge in [-0.3, -0.25) is 14.4 Å². The van der Waals surface area contributed by atoms with Crippen LogP contribution in [0.25, 0.3) is 0 Å². The summed E-state index contributed by atoms with van der Waals surface area (Å²) in [6.45, 7) is 8.53. The van der Waals surface area contributed by atoms with Crippen molar-refractivity contribution in [3.8, 4) is 0 Å². The SMILES string of the molecule is CCCCC(CC)C(=O)O.CCCCCCCCCCCCCCCC(=O)O.CCCCCCCCCCCCCCCCCC(=O)O. The standard InChI is InChI=1S/C18H36O2.C16H32O2.C8H16O2/c1-2-3-4-5-6-7-8-9-10-11-12-13-14-15-16-17-18(19)20;1-2-3-4-5-6-7-8-9-10-11-12-13-14-15-16(17)18;1-3-5-6-7(4-2)8(9)10/h2-17H2,1H3,(H,19,20);2-15H2,1H3,(H,17,18);7H,3-6H2,1-2H3,(H,9,10). The third-order valence-electron chi connectivity index (χ3n) is 9.24. The predicted molar refractivity (Wildman–Crippen MR) is 206 cm³/mol. The van der Waals surface area contributed by atoms with Gasteiger partial charge in [-0.25, -0.2) is 0 Å². The molecule has 0 aromatic carbocycles. The Morgan fingerprint density at radius 1 is 0.354 bits per heavy atom. The fraction of sp³-hybridized carbons (Fsp3) is 0.929. The first-order valence-corrected chi connectivity index (χ1v) is 20.9. The summed E-state index contributed by atoms with van der Waals surface area (Å²) in [7, 11) is 0. The molecule has 0 bridgehead atoms. The molecule has 48 heavy (non-hydrogen) atoms. The monoisotopic (exact) mass is 685 g/mol. The van der Waals surface area contributed by atoms with E-state index in [2.05, 4.69) is 20.8 Å². The van der Waals surface area contributed by atoms with Gasteiger partial charge < -0.3 is 15.3 Å². The topological polar surface area (TPSA) is 112 Å². The van der Waals surface area contributed by atoms with Crippen LogP contribution in [0.15, 0.2) is 0 Å². The molecule has 1 unspecified atom stereocenters. The summed E-state index contributed by atoms with van der Waals surface area (Å²) in [5, 5.41) is 25.6. The molecule has 6 heteroatoms. The lowest BCUT2D eigenvalue weighted by molar-refractivity contribution is -0.142. The molecule has 0 aromatic heterocycles. The molecule has 0 aliphatic heterocycles. The van der Waals surface area contributed by atoms with Crippen LogP contribution >= 0.6 is 0 Å². The highest BCUT2D eigenvalue weighted by Gasteiger charge is 2.12. The van der Waals surface area contributed by atoms with Crippen LogP contribution in [0, 0.1) is 5.92 Å². The molecule has 1 atom stereocenters. The first kappa shape index (κ1) is 50.8. The summed E-state index contributed by atoms with van der Waals surface area (Å²) in [5.74, 6) is -2.06. The van der Waals surface area contributed by atoms with Crippen LogP contribution in [0.5, 0.6) is 0 Å². The number of rotatable bonds is 35. The zero-order chi connectivity index (χ0) is 36.4. The van der Waals surface area contributed by atoms with Gasteiger partial charge >= 0.3 is 17.9 Å². The van der Waals surface area contributed by atoms with Crippen LogP contribution in [0.1, 0.15) is 246 Å². The van der Waals surface area contributed by atoms with Crippen molar-refractivity contribution in [2.75, 3.05) is 0 Å². The molecule has 0 aliphatic carbocycles. The van der Waals surface area contributed by atoms with Crippen LogP contribution in [0.3, 0.4) is 0 Å². The van der Waals surface area contributed by atoms with Gasteiger partial charge in [0.2, 0.25) is 0 Å². The van der Waals surface area contributed by atoms with Crippen molar-refractivity contribution in [2.24, 2.45) is 5.92 Å². The molecule has 0 spiro atoms. The van der Waals surface area contributed by atoms with Crippen molar-refractivity contribution in [1.29, 1.82) is 0 Å². The van der Waals surface area contributed by atoms with Crippen LogP contribution in [-0.4, -0.2) is 33.2 Å². The van der Waals surface area contributed by atoms with Gasteiger partial charge in [-0.05, 0) is 25.7 Å². The quantitative estimate of drug-likeness (QED) is 0.0573. The molecule has 288 valence electrons. The first-order chi connectivity index (χ1) is 23.3. The van der Waals surface area contributed by atoms with Crippen molar-refractivity contribution in [1.82, 2.24) is 0 Å². The fourth-order valence-corrected chi connectivity index (χ4v) is 5.89. The molecule has 0 radical (unpaired) electrons. The zero-order valence-corrected chi connectivity index (χ0v) is 32.7. The van der Waals surface area contributed by atoms with Gasteiger partial charge in [-0.15, -0.1) is 0 Å². The first-order valence-electron chi connectivity index (χ1n) is 20.9. The number of carbonyl (C=O) groups is 3. The van der Waals surface area contributed by atoms with Crippen molar-refractivity contribution in [2.45, 2.75) is 246 Å². The summed E-state index contributed by atoms with van der Waals surface area (Å²) < 4.78 is 0. The molecule has 0 saturated carbocycles. The van der Waals surface area contributed by atoms with Crippen molar-refractivity contribution in [3.05, 3.63) is 0 Å². The number of carboxylic acid groups (broad SMARTS) is 3. The molecule has 0 saturated heterocycles. The average Bonchev–Trinajstić information content (AvgIpc) is 3.05. The van der Waals surface area contributed by atoms with Gasteiger partial charge in [0.15, 0.2) is 0 Å². The van der Waals surface area contributed by atoms with Crippen molar-refractivity contribution >= 4 is 17.9 Å². The maximum Gasteiger partial charge on any atom is 0.306 e. The molecule has 3 N–H and O–H groups in total. The number of carboxylic acids is 3. The summed E-state index contributed by atoms with van der Waals surface area (Å²) in [6.07, 6.45) is 41.2. The molecule has 6 nitrogen and oxygen atoms in total. The van der Waals surface area contributed by atoms with Gasteiger partial charge in [0, 0.05) is 12.8 Å². The second-order valence-electron chi connectivity index (χ2n) is 14.1. The average molecular weight is 685 g/mol. The molecule has 0 aliphatic rings. The smallest absolute Gasteiger partial charge is 0.306 e. The maximum absolute atomic E-state index is 10.4. The van der Waals surface area contributed by atoms with E-state index in [4.69, 9.17) is 15.3 Å². The minimum absolute atomic E-state index is 0.111.